The van der Waals surface area contributed by atoms with Crippen LogP contribution in [0.15, 0.2) is 173 Å². The zero-order chi connectivity index (χ0) is 34.6. The van der Waals surface area contributed by atoms with Crippen molar-refractivity contribution in [2.75, 3.05) is 4.90 Å². The maximum Gasteiger partial charge on any atom is 0.137 e. The van der Waals surface area contributed by atoms with Gasteiger partial charge in [-0.1, -0.05) is 110 Å². The van der Waals surface area contributed by atoms with Crippen molar-refractivity contribution in [3.8, 4) is 22.3 Å². The molecule has 1 aliphatic rings. The fourth-order valence-corrected chi connectivity index (χ4v) is 11.7. The van der Waals surface area contributed by atoms with Gasteiger partial charge in [0.25, 0.3) is 0 Å². The first-order valence-electron chi connectivity index (χ1n) is 17.9. The van der Waals surface area contributed by atoms with Crippen LogP contribution < -0.4 is 15.3 Å². The number of furan rings is 2. The van der Waals surface area contributed by atoms with E-state index in [1.807, 2.05) is 12.1 Å². The summed E-state index contributed by atoms with van der Waals surface area (Å²) in [6, 6.07) is 59.2. The van der Waals surface area contributed by atoms with Crippen molar-refractivity contribution >= 4 is 90.2 Å². The molecule has 0 N–H and O–H groups in total. The average molecular weight is 684 g/mol. The Kier molecular flexibility index (Phi) is 6.11. The molecule has 0 amide bonds. The number of anilines is 3. The number of hydrogen-bond acceptors (Lipinski definition) is 3. The highest BCUT2D eigenvalue weighted by Gasteiger charge is 2.39. The fraction of sp³-hybridized carbons (Fsp3) is 0.0417. The van der Waals surface area contributed by atoms with Crippen molar-refractivity contribution in [1.82, 2.24) is 0 Å². The van der Waals surface area contributed by atoms with Crippen LogP contribution in [0.3, 0.4) is 0 Å². The van der Waals surface area contributed by atoms with Crippen LogP contribution in [0.4, 0.5) is 17.1 Å². The number of rotatable bonds is 4. The number of para-hydroxylation sites is 2. The van der Waals surface area contributed by atoms with Crippen LogP contribution in [-0.2, 0) is 0 Å². The van der Waals surface area contributed by atoms with Gasteiger partial charge in [-0.2, -0.15) is 0 Å². The van der Waals surface area contributed by atoms with Gasteiger partial charge in [-0.15, -0.1) is 0 Å². The molecular weight excluding hydrogens is 651 g/mol. The molecule has 0 unspecified atom stereocenters. The Bertz CT molecular complexity index is 3060. The Morgan fingerprint density at radius 1 is 0.423 bits per heavy atom. The van der Waals surface area contributed by atoms with Gasteiger partial charge in [-0.25, -0.2) is 0 Å². The van der Waals surface area contributed by atoms with Gasteiger partial charge in [0.2, 0.25) is 0 Å². The van der Waals surface area contributed by atoms with E-state index in [9.17, 15) is 0 Å². The van der Waals surface area contributed by atoms with Gasteiger partial charge >= 0.3 is 0 Å². The third kappa shape index (κ3) is 4.25. The lowest BCUT2D eigenvalue weighted by atomic mass is 10.00. The van der Waals surface area contributed by atoms with Crippen LogP contribution in [0.2, 0.25) is 13.1 Å². The zero-order valence-corrected chi connectivity index (χ0v) is 29.9. The second-order valence-electron chi connectivity index (χ2n) is 14.5. The van der Waals surface area contributed by atoms with Crippen LogP contribution in [-0.4, -0.2) is 8.07 Å². The molecule has 0 saturated heterocycles. The molecule has 52 heavy (non-hydrogen) atoms. The summed E-state index contributed by atoms with van der Waals surface area (Å²) < 4.78 is 12.8. The molecule has 1 aliphatic heterocycles. The molecule has 0 bridgehead atoms. The summed E-state index contributed by atoms with van der Waals surface area (Å²) in [6.07, 6.45) is 0. The average Bonchev–Trinajstić information content (AvgIpc) is 3.82. The Hall–Kier alpha value is -6.36. The summed E-state index contributed by atoms with van der Waals surface area (Å²) in [4.78, 5) is 2.42. The van der Waals surface area contributed by atoms with Crippen molar-refractivity contribution in [3.63, 3.8) is 0 Å². The minimum Gasteiger partial charge on any atom is -0.456 e. The molecule has 0 saturated carbocycles. The Labute approximate surface area is 302 Å². The lowest BCUT2D eigenvalue weighted by Crippen LogP contribution is -2.49. The Morgan fingerprint density at radius 3 is 1.92 bits per heavy atom. The number of benzene rings is 8. The first-order valence-corrected chi connectivity index (χ1v) is 20.9. The lowest BCUT2D eigenvalue weighted by Gasteiger charge is -2.28. The van der Waals surface area contributed by atoms with E-state index in [-0.39, 0.29) is 0 Å². The smallest absolute Gasteiger partial charge is 0.137 e. The van der Waals surface area contributed by atoms with Crippen LogP contribution in [0.5, 0.6) is 0 Å². The molecular formula is C48H33NO2Si. The molecule has 0 spiro atoms. The zero-order valence-electron chi connectivity index (χ0n) is 28.9. The minimum absolute atomic E-state index is 0.884. The van der Waals surface area contributed by atoms with Gasteiger partial charge in [0.05, 0.1) is 11.1 Å². The quantitative estimate of drug-likeness (QED) is 0.173. The predicted molar refractivity (Wildman–Crippen MR) is 221 cm³/mol. The van der Waals surface area contributed by atoms with Gasteiger partial charge in [-0.3, -0.25) is 0 Å². The molecule has 0 aliphatic carbocycles. The van der Waals surface area contributed by atoms with E-state index < -0.39 is 8.07 Å². The van der Waals surface area contributed by atoms with E-state index in [2.05, 4.69) is 170 Å². The van der Waals surface area contributed by atoms with Gasteiger partial charge < -0.3 is 13.7 Å². The summed E-state index contributed by atoms with van der Waals surface area (Å²) in [5.41, 5.74) is 12.1. The monoisotopic (exact) mass is 683 g/mol. The first kappa shape index (κ1) is 29.4. The van der Waals surface area contributed by atoms with Gasteiger partial charge in [0.1, 0.15) is 30.4 Å². The number of fused-ring (bicyclic) bond motifs is 10. The predicted octanol–water partition coefficient (Wildman–Crippen LogP) is 12.6. The molecule has 3 heterocycles. The molecule has 11 rings (SSSR count). The topological polar surface area (TPSA) is 29.5 Å². The van der Waals surface area contributed by atoms with Crippen molar-refractivity contribution in [2.45, 2.75) is 13.1 Å². The number of nitrogens with zero attached hydrogens (tertiary/aromatic N) is 1. The van der Waals surface area contributed by atoms with Gasteiger partial charge in [-0.05, 0) is 110 Å². The summed E-state index contributed by atoms with van der Waals surface area (Å²) in [7, 11) is -2.09. The van der Waals surface area contributed by atoms with Crippen molar-refractivity contribution in [2.24, 2.45) is 0 Å². The molecule has 0 radical (unpaired) electrons. The Balaban J connectivity index is 1.10. The minimum atomic E-state index is -2.09. The summed E-state index contributed by atoms with van der Waals surface area (Å²) >= 11 is 0. The first-order chi connectivity index (χ1) is 25.5. The highest BCUT2D eigenvalue weighted by molar-refractivity contribution is 7.04. The highest BCUT2D eigenvalue weighted by Crippen LogP contribution is 2.44. The molecule has 246 valence electrons. The highest BCUT2D eigenvalue weighted by atomic mass is 28.3. The van der Waals surface area contributed by atoms with E-state index in [4.69, 9.17) is 8.83 Å². The molecule has 0 atom stereocenters. The second-order valence-corrected chi connectivity index (χ2v) is 18.9. The second kappa shape index (κ2) is 10.8. The standard InChI is InChI=1S/C48H33NO2Si/c1-52(2)46-27-35(24-25-37(46)40-28-39-36-12-5-7-15-42(36)51-45(39)29-47(40)52)49(41-14-9-17-44-48(41)38-13-6-8-16-43(38)50-44)34-22-20-31(21-23-34)33-19-18-30-10-3-4-11-32(30)26-33/h3-29H,1-2H3. The number of hydrogen-bond donors (Lipinski definition) is 0. The third-order valence-electron chi connectivity index (χ3n) is 11.2. The molecule has 10 aromatic rings. The largest absolute Gasteiger partial charge is 0.456 e. The molecule has 4 heteroatoms. The van der Waals surface area contributed by atoms with Crippen LogP contribution in [0.1, 0.15) is 0 Å². The van der Waals surface area contributed by atoms with E-state index in [0.29, 0.717) is 0 Å². The lowest BCUT2D eigenvalue weighted by molar-refractivity contribution is 0.668. The van der Waals surface area contributed by atoms with Crippen LogP contribution >= 0.6 is 0 Å². The van der Waals surface area contributed by atoms with Crippen molar-refractivity contribution < 1.29 is 8.83 Å². The van der Waals surface area contributed by atoms with E-state index >= 15 is 0 Å². The van der Waals surface area contributed by atoms with E-state index in [0.717, 1.165) is 50.2 Å². The van der Waals surface area contributed by atoms with Gasteiger partial charge in [0.15, 0.2) is 0 Å². The maximum atomic E-state index is 6.41. The van der Waals surface area contributed by atoms with E-state index in [1.165, 1.54) is 54.2 Å². The maximum absolute atomic E-state index is 6.41. The Morgan fingerprint density at radius 2 is 1.08 bits per heavy atom. The SMILES string of the molecule is C[Si]1(C)c2cc(N(c3ccc(-c4ccc5ccccc5c4)cc3)c3cccc4oc5ccccc5c34)ccc2-c2cc3c(cc21)oc1ccccc13. The molecule has 0 fully saturated rings. The summed E-state index contributed by atoms with van der Waals surface area (Å²) in [5, 5.41) is 9.96. The van der Waals surface area contributed by atoms with Crippen LogP contribution in [0, 0.1) is 0 Å². The van der Waals surface area contributed by atoms with E-state index in [1.54, 1.807) is 0 Å². The van der Waals surface area contributed by atoms with Crippen molar-refractivity contribution in [1.29, 1.82) is 0 Å². The van der Waals surface area contributed by atoms with Crippen molar-refractivity contribution in [3.05, 3.63) is 164 Å². The molecule has 3 nitrogen and oxygen atoms in total. The fourth-order valence-electron chi connectivity index (χ4n) is 8.62. The van der Waals surface area contributed by atoms with Crippen LogP contribution in [0.25, 0.3) is 76.9 Å². The third-order valence-corrected chi connectivity index (χ3v) is 14.8. The summed E-state index contributed by atoms with van der Waals surface area (Å²) in [5.74, 6) is 0. The van der Waals surface area contributed by atoms with Gasteiger partial charge in [0, 0.05) is 27.5 Å². The normalized spacial score (nSPS) is 13.3. The molecule has 8 aromatic carbocycles. The summed E-state index contributed by atoms with van der Waals surface area (Å²) in [6.45, 7) is 4.95. The molecule has 2 aromatic heterocycles.